The lowest BCUT2D eigenvalue weighted by Crippen LogP contribution is -2.24. The summed E-state index contributed by atoms with van der Waals surface area (Å²) in [4.78, 5) is 18.5. The Balaban J connectivity index is 1.65. The number of aromatic amines is 1. The van der Waals surface area contributed by atoms with Gasteiger partial charge >= 0.3 is 0 Å². The maximum Gasteiger partial charge on any atom is 0.230 e. The lowest BCUT2D eigenvalue weighted by Gasteiger charge is -2.04. The molecule has 0 aliphatic heterocycles. The summed E-state index contributed by atoms with van der Waals surface area (Å²) in [5, 5.41) is 2.85. The second kappa shape index (κ2) is 6.99. The van der Waals surface area contributed by atoms with Gasteiger partial charge in [-0.1, -0.05) is 29.8 Å². The van der Waals surface area contributed by atoms with E-state index in [0.717, 1.165) is 11.4 Å². The summed E-state index contributed by atoms with van der Waals surface area (Å²) >= 11 is 1.62. The number of imidazole rings is 1. The largest absolute Gasteiger partial charge is 0.350 e. The van der Waals surface area contributed by atoms with Crippen LogP contribution < -0.4 is 5.32 Å². The van der Waals surface area contributed by atoms with Crippen LogP contribution in [0.5, 0.6) is 0 Å². The molecule has 0 fully saturated rings. The first-order chi connectivity index (χ1) is 9.24. The SMILES string of the molecule is Cc1ccc(CSCC(=O)NCc2cnc[nH]2)cc1. The number of benzene rings is 1. The number of nitrogens with one attached hydrogen (secondary N) is 2. The molecular formula is C14H17N3OS. The van der Waals surface area contributed by atoms with Crippen LogP contribution in [0.1, 0.15) is 16.8 Å². The van der Waals surface area contributed by atoms with Crippen LogP contribution in [0.3, 0.4) is 0 Å². The van der Waals surface area contributed by atoms with Crippen molar-refractivity contribution in [2.45, 2.75) is 19.2 Å². The lowest BCUT2D eigenvalue weighted by atomic mass is 10.2. The van der Waals surface area contributed by atoms with Gasteiger partial charge in [-0.25, -0.2) is 4.98 Å². The van der Waals surface area contributed by atoms with Crippen LogP contribution in [0.2, 0.25) is 0 Å². The highest BCUT2D eigenvalue weighted by atomic mass is 32.2. The Kier molecular flexibility index (Phi) is 5.03. The molecule has 2 N–H and O–H groups in total. The quantitative estimate of drug-likeness (QED) is 0.850. The Morgan fingerprint density at radius 2 is 2.16 bits per heavy atom. The van der Waals surface area contributed by atoms with Crippen LogP contribution in [0.15, 0.2) is 36.8 Å². The number of hydrogen-bond acceptors (Lipinski definition) is 3. The summed E-state index contributed by atoms with van der Waals surface area (Å²) in [6, 6.07) is 8.39. The van der Waals surface area contributed by atoms with Gasteiger partial charge in [-0.2, -0.15) is 0 Å². The molecule has 0 unspecified atom stereocenters. The fraction of sp³-hybridized carbons (Fsp3) is 0.286. The molecule has 4 nitrogen and oxygen atoms in total. The zero-order valence-electron chi connectivity index (χ0n) is 10.8. The second-order valence-electron chi connectivity index (χ2n) is 4.33. The molecule has 2 aromatic rings. The molecule has 0 bridgehead atoms. The topological polar surface area (TPSA) is 57.8 Å². The fourth-order valence-corrected chi connectivity index (χ4v) is 2.39. The number of aromatic nitrogens is 2. The summed E-state index contributed by atoms with van der Waals surface area (Å²) in [7, 11) is 0. The maximum atomic E-state index is 11.6. The highest BCUT2D eigenvalue weighted by Crippen LogP contribution is 2.12. The van der Waals surface area contributed by atoms with Crippen molar-refractivity contribution in [3.05, 3.63) is 53.6 Å². The molecule has 1 heterocycles. The van der Waals surface area contributed by atoms with Crippen molar-refractivity contribution in [1.82, 2.24) is 15.3 Å². The van der Waals surface area contributed by atoms with Crippen molar-refractivity contribution < 1.29 is 4.79 Å². The van der Waals surface area contributed by atoms with Crippen LogP contribution in [0.25, 0.3) is 0 Å². The van der Waals surface area contributed by atoms with Gasteiger partial charge in [0.25, 0.3) is 0 Å². The zero-order chi connectivity index (χ0) is 13.5. The predicted molar refractivity (Wildman–Crippen MR) is 77.8 cm³/mol. The number of hydrogen-bond donors (Lipinski definition) is 2. The van der Waals surface area contributed by atoms with Crippen molar-refractivity contribution in [3.8, 4) is 0 Å². The number of aryl methyl sites for hydroxylation is 1. The van der Waals surface area contributed by atoms with E-state index in [2.05, 4.69) is 46.5 Å². The van der Waals surface area contributed by atoms with Crippen LogP contribution >= 0.6 is 11.8 Å². The van der Waals surface area contributed by atoms with E-state index in [9.17, 15) is 4.79 Å². The minimum atomic E-state index is 0.0479. The minimum Gasteiger partial charge on any atom is -0.350 e. The monoisotopic (exact) mass is 275 g/mol. The zero-order valence-corrected chi connectivity index (χ0v) is 11.7. The standard InChI is InChI=1S/C14H17N3OS/c1-11-2-4-12(5-3-11)8-19-9-14(18)16-7-13-6-15-10-17-13/h2-6,10H,7-9H2,1H3,(H,15,17)(H,16,18). The number of thioether (sulfide) groups is 1. The molecule has 2 rings (SSSR count). The van der Waals surface area contributed by atoms with E-state index in [-0.39, 0.29) is 5.91 Å². The Morgan fingerprint density at radius 3 is 2.84 bits per heavy atom. The average molecular weight is 275 g/mol. The van der Waals surface area contributed by atoms with Crippen molar-refractivity contribution in [2.24, 2.45) is 0 Å². The molecule has 0 radical (unpaired) electrons. The molecule has 5 heteroatoms. The third-order valence-electron chi connectivity index (χ3n) is 2.65. The first-order valence-corrected chi connectivity index (χ1v) is 7.27. The third kappa shape index (κ3) is 4.79. The first kappa shape index (κ1) is 13.7. The summed E-state index contributed by atoms with van der Waals surface area (Å²) < 4.78 is 0. The molecule has 0 saturated carbocycles. The minimum absolute atomic E-state index is 0.0479. The molecule has 1 amide bonds. The summed E-state index contributed by atoms with van der Waals surface area (Å²) in [5.41, 5.74) is 3.42. The van der Waals surface area contributed by atoms with E-state index >= 15 is 0 Å². The molecule has 19 heavy (non-hydrogen) atoms. The Morgan fingerprint density at radius 1 is 1.37 bits per heavy atom. The van der Waals surface area contributed by atoms with Crippen molar-refractivity contribution in [1.29, 1.82) is 0 Å². The van der Waals surface area contributed by atoms with Gasteiger partial charge in [0.2, 0.25) is 5.91 Å². The van der Waals surface area contributed by atoms with Gasteiger partial charge in [0.15, 0.2) is 0 Å². The Bertz CT molecular complexity index is 508. The molecule has 0 spiro atoms. The van der Waals surface area contributed by atoms with Crippen molar-refractivity contribution in [3.63, 3.8) is 0 Å². The maximum absolute atomic E-state index is 11.6. The number of carbonyl (C=O) groups excluding carboxylic acids is 1. The number of nitrogens with zero attached hydrogens (tertiary/aromatic N) is 1. The summed E-state index contributed by atoms with van der Waals surface area (Å²) in [5.74, 6) is 1.38. The molecule has 0 aliphatic carbocycles. The summed E-state index contributed by atoms with van der Waals surface area (Å²) in [6.45, 7) is 2.57. The van der Waals surface area contributed by atoms with Gasteiger partial charge in [0.1, 0.15) is 0 Å². The number of amides is 1. The number of H-pyrrole nitrogens is 1. The van der Waals surface area contributed by atoms with Crippen LogP contribution in [0, 0.1) is 6.92 Å². The van der Waals surface area contributed by atoms with E-state index in [4.69, 9.17) is 0 Å². The van der Waals surface area contributed by atoms with E-state index in [0.29, 0.717) is 12.3 Å². The van der Waals surface area contributed by atoms with E-state index in [1.54, 1.807) is 24.3 Å². The molecule has 100 valence electrons. The molecule has 0 atom stereocenters. The molecule has 1 aromatic carbocycles. The van der Waals surface area contributed by atoms with Crippen LogP contribution in [-0.2, 0) is 17.1 Å². The van der Waals surface area contributed by atoms with Crippen LogP contribution in [0.4, 0.5) is 0 Å². The number of rotatable bonds is 6. The number of carbonyl (C=O) groups is 1. The van der Waals surface area contributed by atoms with Gasteiger partial charge in [-0.3, -0.25) is 4.79 Å². The first-order valence-electron chi connectivity index (χ1n) is 6.11. The van der Waals surface area contributed by atoms with Gasteiger partial charge in [0.05, 0.1) is 24.3 Å². The van der Waals surface area contributed by atoms with E-state index in [1.165, 1.54) is 11.1 Å². The van der Waals surface area contributed by atoms with E-state index in [1.807, 2.05) is 0 Å². The molecular weight excluding hydrogens is 258 g/mol. The highest BCUT2D eigenvalue weighted by Gasteiger charge is 2.02. The van der Waals surface area contributed by atoms with Gasteiger partial charge < -0.3 is 10.3 Å². The predicted octanol–water partition coefficient (Wildman–Crippen LogP) is 2.27. The van der Waals surface area contributed by atoms with E-state index < -0.39 is 0 Å². The fourth-order valence-electron chi connectivity index (χ4n) is 1.57. The second-order valence-corrected chi connectivity index (χ2v) is 5.32. The average Bonchev–Trinajstić information content (AvgIpc) is 2.92. The van der Waals surface area contributed by atoms with Crippen molar-refractivity contribution >= 4 is 17.7 Å². The van der Waals surface area contributed by atoms with Gasteiger partial charge in [-0.05, 0) is 12.5 Å². The highest BCUT2D eigenvalue weighted by molar-refractivity contribution is 7.99. The van der Waals surface area contributed by atoms with Crippen molar-refractivity contribution in [2.75, 3.05) is 5.75 Å². The van der Waals surface area contributed by atoms with Crippen LogP contribution in [-0.4, -0.2) is 21.6 Å². The molecule has 0 aliphatic rings. The van der Waals surface area contributed by atoms with Gasteiger partial charge in [-0.15, -0.1) is 11.8 Å². The summed E-state index contributed by atoms with van der Waals surface area (Å²) in [6.07, 6.45) is 3.31. The third-order valence-corrected chi connectivity index (χ3v) is 3.66. The lowest BCUT2D eigenvalue weighted by molar-refractivity contribution is -0.118. The Labute approximate surface area is 117 Å². The normalized spacial score (nSPS) is 10.4. The molecule has 1 aromatic heterocycles. The molecule has 0 saturated heterocycles. The smallest absolute Gasteiger partial charge is 0.230 e. The van der Waals surface area contributed by atoms with Gasteiger partial charge in [0, 0.05) is 11.9 Å². The Hall–Kier alpha value is -1.75.